The zero-order valence-corrected chi connectivity index (χ0v) is 11.4. The molecule has 1 aliphatic rings. The summed E-state index contributed by atoms with van der Waals surface area (Å²) >= 11 is 0. The van der Waals surface area contributed by atoms with E-state index in [0.717, 1.165) is 29.6 Å². The maximum Gasteiger partial charge on any atom is -0.0386 e. The number of hydrogen-bond acceptors (Lipinski definition) is 0. The van der Waals surface area contributed by atoms with Crippen LogP contribution in [0.2, 0.25) is 0 Å². The predicted octanol–water partition coefficient (Wildman–Crippen LogP) is 5.13. The summed E-state index contributed by atoms with van der Waals surface area (Å²) in [6, 6.07) is 0. The van der Waals surface area contributed by atoms with Gasteiger partial charge >= 0.3 is 0 Å². The molecule has 0 heteroatoms. The highest BCUT2D eigenvalue weighted by Gasteiger charge is 2.27. The zero-order chi connectivity index (χ0) is 11.4. The molecular weight excluding hydrogens is 180 g/mol. The molecule has 0 nitrogen and oxygen atoms in total. The fourth-order valence-electron chi connectivity index (χ4n) is 2.94. The van der Waals surface area contributed by atoms with Gasteiger partial charge in [-0.2, -0.15) is 0 Å². The summed E-state index contributed by atoms with van der Waals surface area (Å²) in [6.07, 6.45) is 7.31. The summed E-state index contributed by atoms with van der Waals surface area (Å²) in [6.45, 7) is 12.1. The van der Waals surface area contributed by atoms with Crippen LogP contribution < -0.4 is 0 Å². The lowest BCUT2D eigenvalue weighted by Crippen LogP contribution is -2.25. The molecule has 1 aliphatic carbocycles. The van der Waals surface area contributed by atoms with E-state index in [-0.39, 0.29) is 0 Å². The van der Waals surface area contributed by atoms with Gasteiger partial charge in [0.1, 0.15) is 0 Å². The van der Waals surface area contributed by atoms with E-state index in [2.05, 4.69) is 34.6 Å². The lowest BCUT2D eigenvalue weighted by Gasteiger charge is -2.35. The van der Waals surface area contributed by atoms with Crippen molar-refractivity contribution in [2.75, 3.05) is 0 Å². The minimum Gasteiger partial charge on any atom is -0.0628 e. The van der Waals surface area contributed by atoms with Gasteiger partial charge in [0.05, 0.1) is 0 Å². The molecule has 0 aromatic rings. The molecule has 1 fully saturated rings. The van der Waals surface area contributed by atoms with Crippen LogP contribution >= 0.6 is 0 Å². The zero-order valence-electron chi connectivity index (χ0n) is 11.4. The smallest absolute Gasteiger partial charge is 0.0386 e. The van der Waals surface area contributed by atoms with Crippen molar-refractivity contribution in [1.82, 2.24) is 0 Å². The van der Waals surface area contributed by atoms with Crippen molar-refractivity contribution in [2.45, 2.75) is 66.7 Å². The minimum absolute atomic E-state index is 0.882. The Kier molecular flexibility index (Phi) is 5.15. The molecule has 4 unspecified atom stereocenters. The SMILES string of the molecule is CC(C)CCC(C)C1CCC(C)C(C)C1. The maximum atomic E-state index is 2.48. The molecule has 0 bridgehead atoms. The second-order valence-electron chi connectivity index (χ2n) is 6.48. The summed E-state index contributed by atoms with van der Waals surface area (Å²) in [7, 11) is 0. The molecule has 0 saturated heterocycles. The van der Waals surface area contributed by atoms with Crippen LogP contribution in [-0.4, -0.2) is 0 Å². The predicted molar refractivity (Wildman–Crippen MR) is 68.9 cm³/mol. The molecule has 15 heavy (non-hydrogen) atoms. The second kappa shape index (κ2) is 5.92. The lowest BCUT2D eigenvalue weighted by atomic mass is 9.70. The lowest BCUT2D eigenvalue weighted by molar-refractivity contribution is 0.155. The van der Waals surface area contributed by atoms with Gasteiger partial charge < -0.3 is 0 Å². The summed E-state index contributed by atoms with van der Waals surface area (Å²) in [4.78, 5) is 0. The van der Waals surface area contributed by atoms with Crippen molar-refractivity contribution in [2.24, 2.45) is 29.6 Å². The summed E-state index contributed by atoms with van der Waals surface area (Å²) in [5.41, 5.74) is 0. The molecule has 0 amide bonds. The Morgan fingerprint density at radius 1 is 0.933 bits per heavy atom. The number of hydrogen-bond donors (Lipinski definition) is 0. The maximum absolute atomic E-state index is 2.48. The van der Waals surface area contributed by atoms with Crippen molar-refractivity contribution in [3.63, 3.8) is 0 Å². The Balaban J connectivity index is 2.30. The van der Waals surface area contributed by atoms with E-state index >= 15 is 0 Å². The quantitative estimate of drug-likeness (QED) is 0.603. The Morgan fingerprint density at radius 3 is 2.13 bits per heavy atom. The highest BCUT2D eigenvalue weighted by Crippen LogP contribution is 2.38. The van der Waals surface area contributed by atoms with Crippen LogP contribution in [0.4, 0.5) is 0 Å². The Hall–Kier alpha value is 0. The number of rotatable bonds is 4. The van der Waals surface area contributed by atoms with Gasteiger partial charge in [0.2, 0.25) is 0 Å². The van der Waals surface area contributed by atoms with E-state index < -0.39 is 0 Å². The molecule has 0 aliphatic heterocycles. The first-order chi connectivity index (χ1) is 7.00. The van der Waals surface area contributed by atoms with E-state index in [1.807, 2.05) is 0 Å². The van der Waals surface area contributed by atoms with Gasteiger partial charge in [0, 0.05) is 0 Å². The van der Waals surface area contributed by atoms with Crippen LogP contribution in [-0.2, 0) is 0 Å². The van der Waals surface area contributed by atoms with Crippen molar-refractivity contribution < 1.29 is 0 Å². The second-order valence-corrected chi connectivity index (χ2v) is 6.48. The molecule has 0 aromatic carbocycles. The van der Waals surface area contributed by atoms with Crippen molar-refractivity contribution in [3.05, 3.63) is 0 Å². The van der Waals surface area contributed by atoms with Crippen LogP contribution in [0, 0.1) is 29.6 Å². The minimum atomic E-state index is 0.882. The standard InChI is InChI=1S/C15H30/c1-11(2)6-7-13(4)15-9-8-12(3)14(5)10-15/h11-15H,6-10H2,1-5H3. The average Bonchev–Trinajstić information content (AvgIpc) is 2.18. The Labute approximate surface area is 96.8 Å². The highest BCUT2D eigenvalue weighted by molar-refractivity contribution is 4.78. The van der Waals surface area contributed by atoms with Gasteiger partial charge in [-0.25, -0.2) is 0 Å². The van der Waals surface area contributed by atoms with Crippen LogP contribution in [0.3, 0.4) is 0 Å². The molecule has 0 heterocycles. The largest absolute Gasteiger partial charge is 0.0628 e. The topological polar surface area (TPSA) is 0 Å². The first kappa shape index (κ1) is 13.1. The molecule has 90 valence electrons. The van der Waals surface area contributed by atoms with Gasteiger partial charge in [-0.1, -0.05) is 53.9 Å². The first-order valence-electron chi connectivity index (χ1n) is 7.00. The van der Waals surface area contributed by atoms with E-state index in [4.69, 9.17) is 0 Å². The van der Waals surface area contributed by atoms with E-state index in [0.29, 0.717) is 0 Å². The Morgan fingerprint density at radius 2 is 1.60 bits per heavy atom. The van der Waals surface area contributed by atoms with E-state index in [1.54, 1.807) is 0 Å². The summed E-state index contributed by atoms with van der Waals surface area (Å²) < 4.78 is 0. The molecule has 0 N–H and O–H groups in total. The molecule has 0 radical (unpaired) electrons. The summed E-state index contributed by atoms with van der Waals surface area (Å²) in [5, 5.41) is 0. The van der Waals surface area contributed by atoms with Gasteiger partial charge in [-0.3, -0.25) is 0 Å². The van der Waals surface area contributed by atoms with Crippen molar-refractivity contribution in [1.29, 1.82) is 0 Å². The van der Waals surface area contributed by atoms with Gasteiger partial charge in [-0.15, -0.1) is 0 Å². The van der Waals surface area contributed by atoms with E-state index in [1.165, 1.54) is 32.1 Å². The van der Waals surface area contributed by atoms with E-state index in [9.17, 15) is 0 Å². The van der Waals surface area contributed by atoms with Crippen LogP contribution in [0.25, 0.3) is 0 Å². The molecule has 1 saturated carbocycles. The third-order valence-electron chi connectivity index (χ3n) is 4.64. The Bertz CT molecular complexity index is 171. The fourth-order valence-corrected chi connectivity index (χ4v) is 2.94. The molecule has 4 atom stereocenters. The molecular formula is C15H30. The van der Waals surface area contributed by atoms with Gasteiger partial charge in [0.25, 0.3) is 0 Å². The molecule has 0 spiro atoms. The first-order valence-corrected chi connectivity index (χ1v) is 7.00. The molecule has 0 aromatic heterocycles. The third kappa shape index (κ3) is 4.17. The van der Waals surface area contributed by atoms with Crippen LogP contribution in [0.15, 0.2) is 0 Å². The van der Waals surface area contributed by atoms with Crippen LogP contribution in [0.1, 0.15) is 66.7 Å². The fraction of sp³-hybridized carbons (Fsp3) is 1.00. The van der Waals surface area contributed by atoms with Gasteiger partial charge in [-0.05, 0) is 42.4 Å². The average molecular weight is 210 g/mol. The summed E-state index contributed by atoms with van der Waals surface area (Å²) in [5.74, 6) is 4.80. The van der Waals surface area contributed by atoms with Gasteiger partial charge in [0.15, 0.2) is 0 Å². The highest BCUT2D eigenvalue weighted by atomic mass is 14.3. The normalized spacial score (nSPS) is 34.4. The monoisotopic (exact) mass is 210 g/mol. The third-order valence-corrected chi connectivity index (χ3v) is 4.64. The molecule has 1 rings (SSSR count). The van der Waals surface area contributed by atoms with Crippen molar-refractivity contribution in [3.8, 4) is 0 Å². The van der Waals surface area contributed by atoms with Crippen LogP contribution in [0.5, 0.6) is 0 Å². The van der Waals surface area contributed by atoms with Crippen molar-refractivity contribution >= 4 is 0 Å².